The van der Waals surface area contributed by atoms with Gasteiger partial charge in [0.15, 0.2) is 17.8 Å². The van der Waals surface area contributed by atoms with E-state index in [1.807, 2.05) is 48.6 Å². The van der Waals surface area contributed by atoms with E-state index in [0.29, 0.717) is 5.56 Å². The molecule has 0 spiro atoms. The zero-order valence-corrected chi connectivity index (χ0v) is 10.8. The third kappa shape index (κ3) is 1.91. The van der Waals surface area contributed by atoms with Crippen LogP contribution in [-0.4, -0.2) is 20.9 Å². The van der Waals surface area contributed by atoms with Crippen molar-refractivity contribution in [1.29, 1.82) is 0 Å². The lowest BCUT2D eigenvalue weighted by molar-refractivity contribution is 0.112. The number of hydrogen-bond acceptors (Lipinski definition) is 3. The van der Waals surface area contributed by atoms with Crippen LogP contribution in [0.4, 0.5) is 0 Å². The molecule has 4 heteroatoms. The van der Waals surface area contributed by atoms with Gasteiger partial charge in [-0.2, -0.15) is 0 Å². The maximum Gasteiger partial charge on any atom is 0.168 e. The highest BCUT2D eigenvalue weighted by atomic mass is 16.1. The van der Waals surface area contributed by atoms with Gasteiger partial charge in [0.1, 0.15) is 0 Å². The minimum Gasteiger partial charge on any atom is -0.298 e. The molecule has 0 aliphatic rings. The fourth-order valence-corrected chi connectivity index (χ4v) is 2.15. The molecule has 0 aliphatic carbocycles. The second kappa shape index (κ2) is 4.31. The van der Waals surface area contributed by atoms with Crippen molar-refractivity contribution >= 4 is 11.9 Å². The third-order valence-corrected chi connectivity index (χ3v) is 3.16. The van der Waals surface area contributed by atoms with E-state index < -0.39 is 0 Å². The Labute approximate surface area is 110 Å². The molecule has 19 heavy (non-hydrogen) atoms. The maximum atomic E-state index is 11.0. The Morgan fingerprint density at radius 3 is 2.53 bits per heavy atom. The molecule has 3 rings (SSSR count). The molecule has 0 unspecified atom stereocenters. The number of aldehydes is 1. The van der Waals surface area contributed by atoms with Crippen molar-refractivity contribution in [2.24, 2.45) is 0 Å². The molecular formula is C15H13N3O. The molecule has 0 aliphatic heterocycles. The van der Waals surface area contributed by atoms with Crippen molar-refractivity contribution in [3.63, 3.8) is 0 Å². The third-order valence-electron chi connectivity index (χ3n) is 3.16. The second-order valence-corrected chi connectivity index (χ2v) is 4.66. The topological polar surface area (TPSA) is 47.3 Å². The largest absolute Gasteiger partial charge is 0.298 e. The lowest BCUT2D eigenvalue weighted by Gasteiger charge is -2.03. The van der Waals surface area contributed by atoms with E-state index in [0.717, 1.165) is 28.9 Å². The Bertz CT molecular complexity index is 757. The Kier molecular flexibility index (Phi) is 2.63. The van der Waals surface area contributed by atoms with Crippen molar-refractivity contribution < 1.29 is 4.79 Å². The molecule has 2 aromatic heterocycles. The van der Waals surface area contributed by atoms with Gasteiger partial charge < -0.3 is 0 Å². The number of benzene rings is 1. The van der Waals surface area contributed by atoms with Crippen LogP contribution in [0.2, 0.25) is 0 Å². The highest BCUT2D eigenvalue weighted by Gasteiger charge is 2.10. The number of rotatable bonds is 2. The predicted molar refractivity (Wildman–Crippen MR) is 73.3 cm³/mol. The molecule has 4 nitrogen and oxygen atoms in total. The molecule has 2 heterocycles. The first-order valence-corrected chi connectivity index (χ1v) is 6.06. The zero-order valence-electron chi connectivity index (χ0n) is 10.8. The summed E-state index contributed by atoms with van der Waals surface area (Å²) < 4.78 is 1.86. The molecular weight excluding hydrogens is 238 g/mol. The first-order valence-electron chi connectivity index (χ1n) is 6.06. The van der Waals surface area contributed by atoms with E-state index in [1.165, 1.54) is 5.56 Å². The number of fused-ring (bicyclic) bond motifs is 1. The van der Waals surface area contributed by atoms with Gasteiger partial charge in [-0.15, -0.1) is 10.2 Å². The average molecular weight is 251 g/mol. The number of carbonyl (C=O) groups excluding carboxylic acids is 1. The standard InChI is InChI=1S/C15H13N3O/c1-10-3-5-13(6-4-10)15-17-16-14-11(2)7-12(9-19)8-18(14)15/h3-9H,1-2H3. The van der Waals surface area contributed by atoms with Crippen LogP contribution < -0.4 is 0 Å². The minimum atomic E-state index is 0.623. The quantitative estimate of drug-likeness (QED) is 0.658. The molecule has 0 atom stereocenters. The van der Waals surface area contributed by atoms with Crippen LogP contribution in [0.3, 0.4) is 0 Å². The molecule has 3 aromatic rings. The van der Waals surface area contributed by atoms with Crippen molar-refractivity contribution in [3.05, 3.63) is 53.2 Å². The highest BCUT2D eigenvalue weighted by Crippen LogP contribution is 2.21. The van der Waals surface area contributed by atoms with Gasteiger partial charge in [-0.3, -0.25) is 9.20 Å². The molecule has 0 bridgehead atoms. The molecule has 1 aromatic carbocycles. The maximum absolute atomic E-state index is 11.0. The predicted octanol–water partition coefficient (Wildman–Crippen LogP) is 2.83. The Morgan fingerprint density at radius 1 is 1.11 bits per heavy atom. The Morgan fingerprint density at radius 2 is 1.84 bits per heavy atom. The Hall–Kier alpha value is -2.49. The van der Waals surface area contributed by atoms with E-state index in [4.69, 9.17) is 0 Å². The fraction of sp³-hybridized carbons (Fsp3) is 0.133. The highest BCUT2D eigenvalue weighted by molar-refractivity contribution is 5.76. The van der Waals surface area contributed by atoms with Crippen LogP contribution in [0, 0.1) is 13.8 Å². The fourth-order valence-electron chi connectivity index (χ4n) is 2.15. The number of pyridine rings is 1. The van der Waals surface area contributed by atoms with Gasteiger partial charge >= 0.3 is 0 Å². The van der Waals surface area contributed by atoms with Crippen molar-refractivity contribution in [2.75, 3.05) is 0 Å². The molecule has 0 fully saturated rings. The Balaban J connectivity index is 2.27. The smallest absolute Gasteiger partial charge is 0.168 e. The molecule has 0 radical (unpaired) electrons. The SMILES string of the molecule is Cc1ccc(-c2nnc3c(C)cc(C=O)cn23)cc1. The summed E-state index contributed by atoms with van der Waals surface area (Å²) >= 11 is 0. The number of carbonyl (C=O) groups is 1. The number of nitrogens with zero attached hydrogens (tertiary/aromatic N) is 3. The second-order valence-electron chi connectivity index (χ2n) is 4.66. The summed E-state index contributed by atoms with van der Waals surface area (Å²) in [7, 11) is 0. The van der Waals surface area contributed by atoms with Crippen molar-refractivity contribution in [1.82, 2.24) is 14.6 Å². The van der Waals surface area contributed by atoms with Crippen molar-refractivity contribution in [2.45, 2.75) is 13.8 Å². The first-order chi connectivity index (χ1) is 9.19. The summed E-state index contributed by atoms with van der Waals surface area (Å²) in [6.45, 7) is 3.97. The summed E-state index contributed by atoms with van der Waals surface area (Å²) in [5.41, 5.74) is 4.53. The summed E-state index contributed by atoms with van der Waals surface area (Å²) in [5, 5.41) is 8.42. The summed E-state index contributed by atoms with van der Waals surface area (Å²) in [4.78, 5) is 11.0. The molecule has 0 amide bonds. The van der Waals surface area contributed by atoms with Gasteiger partial charge in [0, 0.05) is 17.3 Å². The van der Waals surface area contributed by atoms with Crippen LogP contribution in [0.1, 0.15) is 21.5 Å². The van der Waals surface area contributed by atoms with Crippen LogP contribution >= 0.6 is 0 Å². The van der Waals surface area contributed by atoms with Crippen molar-refractivity contribution in [3.8, 4) is 11.4 Å². The average Bonchev–Trinajstić information content (AvgIpc) is 2.84. The number of aryl methyl sites for hydroxylation is 2. The van der Waals surface area contributed by atoms with Crippen LogP contribution in [0.25, 0.3) is 17.0 Å². The van der Waals surface area contributed by atoms with Gasteiger partial charge in [0.05, 0.1) is 0 Å². The van der Waals surface area contributed by atoms with Gasteiger partial charge in [-0.1, -0.05) is 29.8 Å². The van der Waals surface area contributed by atoms with E-state index in [2.05, 4.69) is 10.2 Å². The zero-order chi connectivity index (χ0) is 13.4. The van der Waals surface area contributed by atoms with E-state index in [-0.39, 0.29) is 0 Å². The lowest BCUT2D eigenvalue weighted by atomic mass is 10.1. The number of aromatic nitrogens is 3. The van der Waals surface area contributed by atoms with E-state index >= 15 is 0 Å². The van der Waals surface area contributed by atoms with Gasteiger partial charge in [0.2, 0.25) is 0 Å². The molecule has 0 saturated heterocycles. The summed E-state index contributed by atoms with van der Waals surface area (Å²) in [6.07, 6.45) is 2.61. The van der Waals surface area contributed by atoms with Crippen LogP contribution in [-0.2, 0) is 0 Å². The lowest BCUT2D eigenvalue weighted by Crippen LogP contribution is -1.94. The van der Waals surface area contributed by atoms with E-state index in [1.54, 1.807) is 6.20 Å². The van der Waals surface area contributed by atoms with Crippen LogP contribution in [0.15, 0.2) is 36.5 Å². The van der Waals surface area contributed by atoms with Crippen LogP contribution in [0.5, 0.6) is 0 Å². The molecule has 0 N–H and O–H groups in total. The molecule has 0 saturated carbocycles. The normalized spacial score (nSPS) is 10.8. The number of hydrogen-bond donors (Lipinski definition) is 0. The minimum absolute atomic E-state index is 0.623. The summed E-state index contributed by atoms with van der Waals surface area (Å²) in [5.74, 6) is 0.752. The van der Waals surface area contributed by atoms with Gasteiger partial charge in [-0.25, -0.2) is 0 Å². The first kappa shape index (κ1) is 11.6. The van der Waals surface area contributed by atoms with E-state index in [9.17, 15) is 4.79 Å². The van der Waals surface area contributed by atoms with Gasteiger partial charge in [0.25, 0.3) is 0 Å². The summed E-state index contributed by atoms with van der Waals surface area (Å²) in [6, 6.07) is 9.90. The monoisotopic (exact) mass is 251 g/mol. The molecule has 94 valence electrons. The van der Waals surface area contributed by atoms with Gasteiger partial charge in [-0.05, 0) is 25.5 Å².